The number of carbonyl (C=O) groups excluding carboxylic acids is 3. The Balaban J connectivity index is 0.00000486. The predicted octanol–water partition coefficient (Wildman–Crippen LogP) is 7.98. The summed E-state index contributed by atoms with van der Waals surface area (Å²) in [4.78, 5) is 36.0. The molecular formula is C37H44Br2FN5O4S. The lowest BCUT2D eigenvalue weighted by atomic mass is 10.0. The molecule has 2 saturated heterocycles. The monoisotopic (exact) mass is 831 g/mol. The minimum absolute atomic E-state index is 0. The second-order valence-corrected chi connectivity index (χ2v) is 15.7. The van der Waals surface area contributed by atoms with E-state index in [1.807, 2.05) is 52.7 Å². The van der Waals surface area contributed by atoms with E-state index >= 15 is 4.39 Å². The highest BCUT2D eigenvalue weighted by Gasteiger charge is 2.42. The molecule has 6 rings (SSSR count). The number of urea groups is 1. The highest BCUT2D eigenvalue weighted by atomic mass is 79.9. The molecule has 3 aromatic carbocycles. The fraction of sp³-hybridized carbons (Fsp3) is 0.432. The van der Waals surface area contributed by atoms with E-state index < -0.39 is 6.17 Å². The maximum Gasteiger partial charge on any atom is 0.315 e. The maximum absolute atomic E-state index is 15.3. The van der Waals surface area contributed by atoms with Crippen molar-refractivity contribution in [3.8, 4) is 5.75 Å². The Bertz CT molecular complexity index is 1750. The van der Waals surface area contributed by atoms with Gasteiger partial charge in [-0.3, -0.25) is 9.59 Å². The zero-order valence-electron chi connectivity index (χ0n) is 27.0. The van der Waals surface area contributed by atoms with Gasteiger partial charge in [0.1, 0.15) is 18.5 Å². The zero-order chi connectivity index (χ0) is 34.3. The van der Waals surface area contributed by atoms with Gasteiger partial charge in [0.15, 0.2) is 5.78 Å². The molecule has 0 aliphatic carbocycles. The van der Waals surface area contributed by atoms with Crippen molar-refractivity contribution in [1.82, 2.24) is 20.5 Å². The van der Waals surface area contributed by atoms with Gasteiger partial charge in [-0.05, 0) is 79.9 Å². The van der Waals surface area contributed by atoms with E-state index in [4.69, 9.17) is 4.74 Å². The number of hydrogen-bond acceptors (Lipinski definition) is 6. The van der Waals surface area contributed by atoms with Crippen LogP contribution in [0.3, 0.4) is 0 Å². The maximum atomic E-state index is 15.3. The van der Waals surface area contributed by atoms with Gasteiger partial charge >= 0.3 is 6.03 Å². The van der Waals surface area contributed by atoms with Crippen molar-refractivity contribution in [2.24, 2.45) is 0 Å². The molecule has 3 heterocycles. The molecule has 13 heteroatoms. The van der Waals surface area contributed by atoms with Crippen molar-refractivity contribution in [2.45, 2.75) is 76.0 Å². The fourth-order valence-corrected chi connectivity index (χ4v) is 8.78. The number of carbonyl (C=O) groups is 3. The largest absolute Gasteiger partial charge is 0.486 e. The summed E-state index contributed by atoms with van der Waals surface area (Å²) in [5, 5.41) is 14.6. The third-order valence-corrected chi connectivity index (χ3v) is 11.5. The zero-order valence-corrected chi connectivity index (χ0v) is 31.0. The van der Waals surface area contributed by atoms with E-state index in [9.17, 15) is 14.4 Å². The van der Waals surface area contributed by atoms with Gasteiger partial charge in [-0.15, -0.1) is 0 Å². The fourth-order valence-electron chi connectivity index (χ4n) is 6.52. The number of aromatic nitrogens is 1. The summed E-state index contributed by atoms with van der Waals surface area (Å²) in [6.45, 7) is 0.760. The number of fused-ring (bicyclic) bond motifs is 4. The summed E-state index contributed by atoms with van der Waals surface area (Å²) in [7, 11) is 0. The van der Waals surface area contributed by atoms with E-state index in [-0.39, 0.29) is 56.9 Å². The lowest BCUT2D eigenvalue weighted by Gasteiger charge is -2.16. The number of ketones is 1. The van der Waals surface area contributed by atoms with E-state index in [0.717, 1.165) is 61.5 Å². The van der Waals surface area contributed by atoms with Crippen molar-refractivity contribution in [2.75, 3.05) is 30.8 Å². The summed E-state index contributed by atoms with van der Waals surface area (Å²) in [5.41, 5.74) is 2.73. The topological polar surface area (TPSA) is 113 Å². The molecule has 0 radical (unpaired) electrons. The number of rotatable bonds is 17. The van der Waals surface area contributed by atoms with Crippen LogP contribution >= 0.6 is 43.6 Å². The minimum atomic E-state index is -1.13. The second kappa shape index (κ2) is 17.8. The van der Waals surface area contributed by atoms with Gasteiger partial charge in [0.25, 0.3) is 0 Å². The molecule has 1 aromatic heterocycles. The van der Waals surface area contributed by atoms with Crippen LogP contribution in [0, 0.1) is 0 Å². The van der Waals surface area contributed by atoms with Crippen molar-refractivity contribution in [1.29, 1.82) is 0 Å². The molecule has 0 spiro atoms. The second-order valence-electron chi connectivity index (χ2n) is 12.6. The molecule has 4 atom stereocenters. The number of Topliss-reactive ketones (excluding diaryl/α,β-unsaturated/α-hetero) is 1. The number of unbranched alkanes of at least 4 members (excludes halogenated alkanes) is 1. The molecule has 268 valence electrons. The van der Waals surface area contributed by atoms with E-state index in [1.165, 1.54) is 0 Å². The normalized spacial score (nSPS) is 18.6. The summed E-state index contributed by atoms with van der Waals surface area (Å²) in [6, 6.07) is 19.6. The van der Waals surface area contributed by atoms with Crippen molar-refractivity contribution in [3.05, 3.63) is 69.6 Å². The first-order valence-electron chi connectivity index (χ1n) is 16.7. The quantitative estimate of drug-likeness (QED) is 0.0635. The average Bonchev–Trinajstić information content (AvgIpc) is 3.74. The first kappa shape index (κ1) is 38.0. The van der Waals surface area contributed by atoms with Crippen LogP contribution < -0.4 is 26.0 Å². The predicted molar refractivity (Wildman–Crippen MR) is 208 cm³/mol. The van der Waals surface area contributed by atoms with Crippen LogP contribution in [0.4, 0.5) is 14.9 Å². The number of alkyl halides is 1. The number of thioether (sulfide) groups is 1. The highest BCUT2D eigenvalue weighted by Crippen LogP contribution is 2.34. The molecule has 4 aromatic rings. The molecule has 2 aliphatic heterocycles. The Morgan fingerprint density at radius 2 is 1.66 bits per heavy atom. The molecule has 2 aliphatic rings. The first-order valence-corrected chi connectivity index (χ1v) is 19.3. The van der Waals surface area contributed by atoms with Gasteiger partial charge in [0.05, 0.1) is 18.6 Å². The molecular weight excluding hydrogens is 789 g/mol. The molecule has 9 nitrogen and oxygen atoms in total. The molecule has 0 saturated carbocycles. The molecule has 50 heavy (non-hydrogen) atoms. The lowest BCUT2D eigenvalue weighted by molar-refractivity contribution is -0.122. The lowest BCUT2D eigenvalue weighted by Crippen LogP contribution is -2.36. The van der Waals surface area contributed by atoms with Crippen molar-refractivity contribution < 1.29 is 23.5 Å². The number of nitrogens with one attached hydrogen (secondary N) is 4. The first-order chi connectivity index (χ1) is 23.7. The van der Waals surface area contributed by atoms with Crippen LogP contribution in [0.1, 0.15) is 46.0 Å². The standard InChI is InChI=1S/C36H40Br2FN5O4S.CH4/c37-22-7-13-31-28(16-22)29-17-23(38)8-14-32(29)44(31)19-24(39)18-41-25-9-11-27(12-10-25)48-20-26(45)4-3-15-40-34(46)6-2-1-5-33-35-30(21-49-33)42-36(47)43-35;/h7-14,16-17,24,30,33,35,41H,1-6,15,18-21H2,(H,40,46)(H2,42,43,47);1H4/t24?,30-,33-,35-;/m1./s1. The molecule has 1 unspecified atom stereocenters. The highest BCUT2D eigenvalue weighted by molar-refractivity contribution is 9.10. The molecule has 0 bridgehead atoms. The van der Waals surface area contributed by atoms with Crippen LogP contribution in [0.25, 0.3) is 21.8 Å². The Labute approximate surface area is 313 Å². The Kier molecular flexibility index (Phi) is 13.5. The number of ether oxygens (including phenoxy) is 1. The Morgan fingerprint density at radius 1 is 0.960 bits per heavy atom. The smallest absolute Gasteiger partial charge is 0.315 e. The van der Waals surface area contributed by atoms with Crippen LogP contribution in [0.2, 0.25) is 0 Å². The van der Waals surface area contributed by atoms with Gasteiger partial charge in [-0.25, -0.2) is 9.18 Å². The van der Waals surface area contributed by atoms with Crippen LogP contribution in [0.5, 0.6) is 5.75 Å². The Morgan fingerprint density at radius 3 is 2.36 bits per heavy atom. The van der Waals surface area contributed by atoms with Crippen molar-refractivity contribution >= 4 is 88.8 Å². The number of halogens is 3. The SMILES string of the molecule is C.O=C(CCCNC(=O)CCCC[C@H]1SC[C@H]2NC(=O)N[C@H]21)COc1ccc(NCC(F)Cn2c3ccc(Br)cc3c3cc(Br)ccc32)cc1. The Hall–Kier alpha value is -3.29. The third-order valence-electron chi connectivity index (χ3n) is 8.99. The number of benzene rings is 3. The van der Waals surface area contributed by atoms with Gasteiger partial charge in [-0.1, -0.05) is 45.7 Å². The number of nitrogens with zero attached hydrogens (tertiary/aromatic N) is 1. The van der Waals surface area contributed by atoms with Crippen molar-refractivity contribution in [3.63, 3.8) is 0 Å². The molecule has 3 amide bonds. The van der Waals surface area contributed by atoms with E-state index in [1.54, 1.807) is 12.1 Å². The summed E-state index contributed by atoms with van der Waals surface area (Å²) in [5.74, 6) is 1.46. The van der Waals surface area contributed by atoms with E-state index in [2.05, 4.69) is 65.3 Å². The third kappa shape index (κ3) is 9.73. The van der Waals surface area contributed by atoms with Crippen LogP contribution in [-0.4, -0.2) is 71.2 Å². The van der Waals surface area contributed by atoms with Crippen LogP contribution in [-0.2, 0) is 16.1 Å². The summed E-state index contributed by atoms with van der Waals surface area (Å²) < 4.78 is 24.9. The van der Waals surface area contributed by atoms with Gasteiger partial charge < -0.3 is 30.6 Å². The summed E-state index contributed by atoms with van der Waals surface area (Å²) >= 11 is 8.99. The van der Waals surface area contributed by atoms with Gasteiger partial charge in [0.2, 0.25) is 5.91 Å². The summed E-state index contributed by atoms with van der Waals surface area (Å²) in [6.07, 6.45) is 2.93. The van der Waals surface area contributed by atoms with Crippen LogP contribution in [0.15, 0.2) is 69.6 Å². The average molecular weight is 834 g/mol. The van der Waals surface area contributed by atoms with Gasteiger partial charge in [-0.2, -0.15) is 11.8 Å². The number of amides is 3. The number of anilines is 1. The molecule has 2 fully saturated rings. The minimum Gasteiger partial charge on any atom is -0.486 e. The molecule has 4 N–H and O–H groups in total. The number of hydrogen-bond donors (Lipinski definition) is 4. The van der Waals surface area contributed by atoms with Gasteiger partial charge in [0, 0.05) is 73.4 Å². The van der Waals surface area contributed by atoms with E-state index in [0.29, 0.717) is 36.8 Å².